The van der Waals surface area contributed by atoms with Gasteiger partial charge in [0.05, 0.1) is 13.5 Å². The van der Waals surface area contributed by atoms with Crippen LogP contribution < -0.4 is 5.32 Å². The fourth-order valence-electron chi connectivity index (χ4n) is 3.60. The van der Waals surface area contributed by atoms with Crippen molar-refractivity contribution in [2.24, 2.45) is 7.05 Å². The molecule has 4 rings (SSSR count). The Bertz CT molecular complexity index is 1020. The number of ether oxygens (including phenoxy) is 1. The highest BCUT2D eigenvalue weighted by atomic mass is 16.5. The van der Waals surface area contributed by atoms with Crippen LogP contribution in [-0.2, 0) is 16.6 Å². The Hall–Kier alpha value is -3.75. The van der Waals surface area contributed by atoms with Crippen molar-refractivity contribution in [3.05, 3.63) is 65.5 Å². The number of hydrogen-bond acceptors (Lipinski definition) is 6. The maximum atomic E-state index is 12.4. The van der Waals surface area contributed by atoms with E-state index in [9.17, 15) is 9.59 Å². The number of tetrazole rings is 1. The minimum atomic E-state index is -1.10. The zero-order chi connectivity index (χ0) is 20.4. The molecule has 3 aromatic rings. The molecule has 1 atom stereocenters. The maximum Gasteiger partial charge on any atom is 0.407 e. The fraction of sp³-hybridized carbons (Fsp3) is 0.250. The van der Waals surface area contributed by atoms with Crippen molar-refractivity contribution >= 4 is 12.1 Å². The van der Waals surface area contributed by atoms with Crippen LogP contribution in [0, 0.1) is 0 Å². The minimum Gasteiger partial charge on any atom is -0.481 e. The number of carbonyl (C=O) groups is 2. The molecule has 0 aliphatic heterocycles. The van der Waals surface area contributed by atoms with Gasteiger partial charge in [-0.1, -0.05) is 48.5 Å². The van der Waals surface area contributed by atoms with E-state index in [1.807, 2.05) is 36.4 Å². The van der Waals surface area contributed by atoms with E-state index in [2.05, 4.69) is 32.9 Å². The van der Waals surface area contributed by atoms with Crippen LogP contribution in [0.1, 0.15) is 35.3 Å². The summed E-state index contributed by atoms with van der Waals surface area (Å²) in [5.74, 6) is -1.06. The third-order valence-electron chi connectivity index (χ3n) is 4.85. The molecular formula is C20H19N5O4. The Morgan fingerprint density at radius 1 is 1.14 bits per heavy atom. The van der Waals surface area contributed by atoms with Gasteiger partial charge in [-0.05, 0) is 27.5 Å². The number of fused-ring (bicyclic) bond motifs is 3. The summed E-state index contributed by atoms with van der Waals surface area (Å²) in [5, 5.41) is 23.1. The predicted octanol–water partition coefficient (Wildman–Crippen LogP) is 2.26. The maximum absolute atomic E-state index is 12.4. The first-order valence-corrected chi connectivity index (χ1v) is 9.10. The number of rotatable bonds is 6. The summed E-state index contributed by atoms with van der Waals surface area (Å²) in [6.07, 6.45) is -1.11. The van der Waals surface area contributed by atoms with Crippen LogP contribution in [0.15, 0.2) is 48.5 Å². The van der Waals surface area contributed by atoms with Gasteiger partial charge in [0.25, 0.3) is 0 Å². The lowest BCUT2D eigenvalue weighted by Crippen LogP contribution is -2.32. The SMILES string of the molecule is Cn1nnc([C@H](CC(=O)O)NC(=O)OCC2c3ccccc3-c3ccccc32)n1. The third-order valence-corrected chi connectivity index (χ3v) is 4.85. The molecule has 1 heterocycles. The number of hydrogen-bond donors (Lipinski definition) is 2. The van der Waals surface area contributed by atoms with Crippen molar-refractivity contribution in [2.75, 3.05) is 6.61 Å². The topological polar surface area (TPSA) is 119 Å². The number of aromatic nitrogens is 4. The molecule has 1 aromatic heterocycles. The van der Waals surface area contributed by atoms with Crippen molar-refractivity contribution in [3.63, 3.8) is 0 Å². The van der Waals surface area contributed by atoms with Crippen molar-refractivity contribution in [1.82, 2.24) is 25.5 Å². The first kappa shape index (κ1) is 18.6. The summed E-state index contributed by atoms with van der Waals surface area (Å²) in [5.41, 5.74) is 4.45. The Balaban J connectivity index is 1.47. The molecule has 1 aliphatic carbocycles. The normalized spacial score (nSPS) is 13.4. The van der Waals surface area contributed by atoms with Crippen LogP contribution in [0.2, 0.25) is 0 Å². The lowest BCUT2D eigenvalue weighted by atomic mass is 9.98. The highest BCUT2D eigenvalue weighted by Gasteiger charge is 2.30. The van der Waals surface area contributed by atoms with Gasteiger partial charge in [-0.2, -0.15) is 4.80 Å². The van der Waals surface area contributed by atoms with Gasteiger partial charge in [0.15, 0.2) is 5.82 Å². The molecule has 0 bridgehead atoms. The monoisotopic (exact) mass is 393 g/mol. The van der Waals surface area contributed by atoms with E-state index < -0.39 is 18.1 Å². The number of carboxylic acids is 1. The largest absolute Gasteiger partial charge is 0.481 e. The van der Waals surface area contributed by atoms with Crippen LogP contribution in [0.5, 0.6) is 0 Å². The summed E-state index contributed by atoms with van der Waals surface area (Å²) in [6.45, 7) is 0.132. The molecule has 0 spiro atoms. The van der Waals surface area contributed by atoms with Gasteiger partial charge in [0.1, 0.15) is 12.6 Å². The molecule has 29 heavy (non-hydrogen) atoms. The van der Waals surface area contributed by atoms with E-state index in [0.29, 0.717) is 0 Å². The van der Waals surface area contributed by atoms with Gasteiger partial charge in [0.2, 0.25) is 0 Å². The second-order valence-electron chi connectivity index (χ2n) is 6.76. The summed E-state index contributed by atoms with van der Waals surface area (Å²) >= 11 is 0. The van der Waals surface area contributed by atoms with Crippen LogP contribution >= 0.6 is 0 Å². The van der Waals surface area contributed by atoms with E-state index in [4.69, 9.17) is 9.84 Å². The van der Waals surface area contributed by atoms with Gasteiger partial charge in [-0.15, -0.1) is 10.2 Å². The second-order valence-corrected chi connectivity index (χ2v) is 6.76. The molecule has 1 aliphatic rings. The predicted molar refractivity (Wildman–Crippen MR) is 102 cm³/mol. The highest BCUT2D eigenvalue weighted by molar-refractivity contribution is 5.79. The molecule has 9 heteroatoms. The molecule has 0 fully saturated rings. The Labute approximate surface area is 166 Å². The number of carbonyl (C=O) groups excluding carboxylic acids is 1. The molecule has 0 saturated heterocycles. The van der Waals surface area contributed by atoms with Crippen LogP contribution in [0.25, 0.3) is 11.1 Å². The van der Waals surface area contributed by atoms with Crippen LogP contribution in [0.3, 0.4) is 0 Å². The molecule has 0 radical (unpaired) electrons. The number of nitrogens with zero attached hydrogens (tertiary/aromatic N) is 4. The number of aliphatic carboxylic acids is 1. The lowest BCUT2D eigenvalue weighted by molar-refractivity contribution is -0.137. The minimum absolute atomic E-state index is 0.0827. The molecule has 2 aromatic carbocycles. The van der Waals surface area contributed by atoms with Gasteiger partial charge in [0, 0.05) is 5.92 Å². The Kier molecular flexibility index (Phi) is 4.94. The van der Waals surface area contributed by atoms with E-state index in [1.54, 1.807) is 7.05 Å². The number of alkyl carbamates (subject to hydrolysis) is 1. The van der Waals surface area contributed by atoms with Gasteiger partial charge < -0.3 is 15.2 Å². The highest BCUT2D eigenvalue weighted by Crippen LogP contribution is 2.44. The quantitative estimate of drug-likeness (QED) is 0.659. The Morgan fingerprint density at radius 3 is 2.31 bits per heavy atom. The standard InChI is InChI=1S/C20H19N5O4/c1-25-23-19(22-24-25)17(10-18(26)27)21-20(28)29-11-16-14-8-4-2-6-12(14)13-7-3-5-9-15(13)16/h2-9,16-17H,10-11H2,1H3,(H,21,28)(H,26,27)/t17-/m0/s1. The fourth-order valence-corrected chi connectivity index (χ4v) is 3.60. The van der Waals surface area contributed by atoms with Crippen molar-refractivity contribution in [2.45, 2.75) is 18.4 Å². The summed E-state index contributed by atoms with van der Waals surface area (Å²) in [6, 6.07) is 15.1. The van der Waals surface area contributed by atoms with Crippen molar-refractivity contribution < 1.29 is 19.4 Å². The number of benzene rings is 2. The first-order valence-electron chi connectivity index (χ1n) is 9.10. The van der Waals surface area contributed by atoms with Crippen LogP contribution in [-0.4, -0.2) is 44.0 Å². The smallest absolute Gasteiger partial charge is 0.407 e. The summed E-state index contributed by atoms with van der Waals surface area (Å²) in [7, 11) is 1.56. The summed E-state index contributed by atoms with van der Waals surface area (Å²) in [4.78, 5) is 24.7. The number of carboxylic acid groups (broad SMARTS) is 1. The van der Waals surface area contributed by atoms with E-state index in [1.165, 1.54) is 4.80 Å². The van der Waals surface area contributed by atoms with E-state index >= 15 is 0 Å². The zero-order valence-electron chi connectivity index (χ0n) is 15.6. The van der Waals surface area contributed by atoms with Gasteiger partial charge in [-0.3, -0.25) is 4.79 Å². The summed E-state index contributed by atoms with van der Waals surface area (Å²) < 4.78 is 5.45. The second kappa shape index (κ2) is 7.70. The molecule has 9 nitrogen and oxygen atoms in total. The zero-order valence-corrected chi connectivity index (χ0v) is 15.6. The molecular weight excluding hydrogens is 374 g/mol. The van der Waals surface area contributed by atoms with Gasteiger partial charge in [-0.25, -0.2) is 4.79 Å². The average Bonchev–Trinajstić information content (AvgIpc) is 3.27. The van der Waals surface area contributed by atoms with E-state index in [0.717, 1.165) is 22.3 Å². The van der Waals surface area contributed by atoms with Crippen LogP contribution in [0.4, 0.5) is 4.79 Å². The lowest BCUT2D eigenvalue weighted by Gasteiger charge is -2.17. The molecule has 0 saturated carbocycles. The third kappa shape index (κ3) is 3.79. The Morgan fingerprint density at radius 2 is 1.76 bits per heavy atom. The molecule has 1 amide bonds. The molecule has 0 unspecified atom stereocenters. The van der Waals surface area contributed by atoms with E-state index in [-0.39, 0.29) is 24.8 Å². The molecule has 148 valence electrons. The van der Waals surface area contributed by atoms with Crippen molar-refractivity contribution in [1.29, 1.82) is 0 Å². The number of amides is 1. The number of nitrogens with one attached hydrogen (secondary N) is 1. The number of aryl methyl sites for hydroxylation is 1. The first-order chi connectivity index (χ1) is 14.0. The van der Waals surface area contributed by atoms with Gasteiger partial charge >= 0.3 is 12.1 Å². The average molecular weight is 393 g/mol. The molecule has 2 N–H and O–H groups in total. The van der Waals surface area contributed by atoms with Crippen molar-refractivity contribution in [3.8, 4) is 11.1 Å².